The Balaban J connectivity index is 2.53. The highest BCUT2D eigenvalue weighted by Gasteiger charge is 2.22. The average Bonchev–Trinajstić information content (AvgIpc) is 2.87. The first kappa shape index (κ1) is 15.0. The second kappa shape index (κ2) is 7.40. The smallest absolute Gasteiger partial charge is 0.326 e. The highest BCUT2D eigenvalue weighted by molar-refractivity contribution is 5.82. The van der Waals surface area contributed by atoms with Crippen LogP contribution in [-0.2, 0) is 11.2 Å². The molecule has 0 saturated heterocycles. The lowest BCUT2D eigenvalue weighted by molar-refractivity contribution is -0.139. The van der Waals surface area contributed by atoms with Gasteiger partial charge < -0.3 is 20.3 Å². The summed E-state index contributed by atoms with van der Waals surface area (Å²) >= 11 is 0. The Morgan fingerprint density at radius 3 is 2.84 bits per heavy atom. The van der Waals surface area contributed by atoms with Gasteiger partial charge in [-0.05, 0) is 6.42 Å². The Kier molecular flexibility index (Phi) is 5.84. The lowest BCUT2D eigenvalue weighted by atomic mass is 10.1. The third kappa shape index (κ3) is 4.99. The molecule has 0 radical (unpaired) electrons. The third-order valence-corrected chi connectivity index (χ3v) is 2.77. The Bertz CT molecular complexity index is 405. The second-order valence-corrected chi connectivity index (χ2v) is 4.40. The summed E-state index contributed by atoms with van der Waals surface area (Å²) in [5.41, 5.74) is 0.670. The Morgan fingerprint density at radius 2 is 2.32 bits per heavy atom. The molecule has 1 heterocycles. The summed E-state index contributed by atoms with van der Waals surface area (Å²) in [5.74, 6) is -1.06. The number of nitrogens with zero attached hydrogens (tertiary/aromatic N) is 2. The Hall–Kier alpha value is -2.05. The molecule has 1 aromatic heterocycles. The summed E-state index contributed by atoms with van der Waals surface area (Å²) in [6.07, 6.45) is 5.07. The zero-order valence-corrected chi connectivity index (χ0v) is 11.2. The number of carbonyl (C=O) groups excluding carboxylic acids is 1. The molecule has 1 aromatic rings. The number of rotatable bonds is 7. The normalized spacial score (nSPS) is 11.9. The molecule has 0 aromatic carbocycles. The molecule has 1 rings (SSSR count). The van der Waals surface area contributed by atoms with Crippen LogP contribution >= 0.6 is 0 Å². The molecule has 0 aliphatic carbocycles. The fourth-order valence-electron chi connectivity index (χ4n) is 1.57. The standard InChI is InChI=1S/C12H20N4O3/c1-3-4-5-16(2)12(19)15-10(11(17)18)6-9-7-13-8-14-9/h7-8,10H,3-6H2,1-2H3,(H,13,14)(H,15,19)(H,17,18)/t10-/m1/s1. The molecule has 0 bridgehead atoms. The van der Waals surface area contributed by atoms with Crippen molar-refractivity contribution in [2.45, 2.75) is 32.2 Å². The summed E-state index contributed by atoms with van der Waals surface area (Å²) in [4.78, 5) is 31.1. The molecule has 19 heavy (non-hydrogen) atoms. The molecule has 0 fully saturated rings. The maximum Gasteiger partial charge on any atom is 0.326 e. The largest absolute Gasteiger partial charge is 0.480 e. The minimum atomic E-state index is -1.06. The first-order valence-electron chi connectivity index (χ1n) is 6.26. The zero-order chi connectivity index (χ0) is 14.3. The van der Waals surface area contributed by atoms with Gasteiger partial charge in [0, 0.05) is 31.9 Å². The van der Waals surface area contributed by atoms with E-state index in [1.165, 1.54) is 11.2 Å². The minimum Gasteiger partial charge on any atom is -0.480 e. The van der Waals surface area contributed by atoms with Crippen molar-refractivity contribution in [2.24, 2.45) is 0 Å². The number of unbranched alkanes of at least 4 members (excludes halogenated alkanes) is 1. The predicted octanol–water partition coefficient (Wildman–Crippen LogP) is 0.847. The van der Waals surface area contributed by atoms with E-state index in [1.807, 2.05) is 6.92 Å². The number of hydrogen-bond acceptors (Lipinski definition) is 3. The van der Waals surface area contributed by atoms with Gasteiger partial charge in [0.15, 0.2) is 0 Å². The van der Waals surface area contributed by atoms with Gasteiger partial charge in [-0.3, -0.25) is 0 Å². The van der Waals surface area contributed by atoms with Crippen molar-refractivity contribution in [3.8, 4) is 0 Å². The van der Waals surface area contributed by atoms with E-state index in [-0.39, 0.29) is 12.5 Å². The SMILES string of the molecule is CCCCN(C)C(=O)N[C@H](Cc1cnc[nH]1)C(=O)O. The highest BCUT2D eigenvalue weighted by atomic mass is 16.4. The van der Waals surface area contributed by atoms with Crippen LogP contribution in [-0.4, -0.2) is 51.6 Å². The van der Waals surface area contributed by atoms with Crippen molar-refractivity contribution in [3.63, 3.8) is 0 Å². The van der Waals surface area contributed by atoms with E-state index in [0.29, 0.717) is 12.2 Å². The molecule has 0 aliphatic rings. The number of amides is 2. The van der Waals surface area contributed by atoms with E-state index in [0.717, 1.165) is 12.8 Å². The molecule has 0 saturated carbocycles. The number of H-pyrrole nitrogens is 1. The van der Waals surface area contributed by atoms with Gasteiger partial charge in [-0.1, -0.05) is 13.3 Å². The van der Waals surface area contributed by atoms with Gasteiger partial charge >= 0.3 is 12.0 Å². The number of aliphatic carboxylic acids is 1. The number of nitrogens with one attached hydrogen (secondary N) is 2. The van der Waals surface area contributed by atoms with Crippen molar-refractivity contribution in [1.29, 1.82) is 0 Å². The maximum atomic E-state index is 11.8. The fourth-order valence-corrected chi connectivity index (χ4v) is 1.57. The van der Waals surface area contributed by atoms with Crippen LogP contribution in [0.2, 0.25) is 0 Å². The summed E-state index contributed by atoms with van der Waals surface area (Å²) < 4.78 is 0. The van der Waals surface area contributed by atoms with Gasteiger partial charge in [0.25, 0.3) is 0 Å². The molecule has 0 aliphatic heterocycles. The molecule has 0 unspecified atom stereocenters. The quantitative estimate of drug-likeness (QED) is 0.682. The minimum absolute atomic E-state index is 0.183. The summed E-state index contributed by atoms with van der Waals surface area (Å²) in [6.45, 7) is 2.64. The van der Waals surface area contributed by atoms with Crippen LogP contribution in [0.4, 0.5) is 4.79 Å². The maximum absolute atomic E-state index is 11.8. The molecule has 7 nitrogen and oxygen atoms in total. The van der Waals surface area contributed by atoms with Crippen LogP contribution in [0, 0.1) is 0 Å². The van der Waals surface area contributed by atoms with Crippen LogP contribution in [0.5, 0.6) is 0 Å². The van der Waals surface area contributed by atoms with E-state index in [4.69, 9.17) is 5.11 Å². The first-order valence-corrected chi connectivity index (χ1v) is 6.26. The van der Waals surface area contributed by atoms with Crippen molar-refractivity contribution in [2.75, 3.05) is 13.6 Å². The van der Waals surface area contributed by atoms with Crippen LogP contribution in [0.15, 0.2) is 12.5 Å². The molecular formula is C12H20N4O3. The second-order valence-electron chi connectivity index (χ2n) is 4.40. The first-order chi connectivity index (χ1) is 9.04. The average molecular weight is 268 g/mol. The number of aromatic amines is 1. The lowest BCUT2D eigenvalue weighted by Gasteiger charge is -2.21. The van der Waals surface area contributed by atoms with E-state index in [1.54, 1.807) is 13.2 Å². The highest BCUT2D eigenvalue weighted by Crippen LogP contribution is 2.00. The number of aromatic nitrogens is 2. The zero-order valence-electron chi connectivity index (χ0n) is 11.2. The molecular weight excluding hydrogens is 248 g/mol. The topological polar surface area (TPSA) is 98.3 Å². The van der Waals surface area contributed by atoms with Gasteiger partial charge in [0.1, 0.15) is 6.04 Å². The van der Waals surface area contributed by atoms with Crippen molar-refractivity contribution < 1.29 is 14.7 Å². The van der Waals surface area contributed by atoms with E-state index >= 15 is 0 Å². The number of carboxylic acid groups (broad SMARTS) is 1. The Labute approximate surface area is 112 Å². The van der Waals surface area contributed by atoms with Gasteiger partial charge in [-0.2, -0.15) is 0 Å². The monoisotopic (exact) mass is 268 g/mol. The van der Waals surface area contributed by atoms with Gasteiger partial charge in [-0.25, -0.2) is 14.6 Å². The van der Waals surface area contributed by atoms with Gasteiger partial charge in [-0.15, -0.1) is 0 Å². The van der Waals surface area contributed by atoms with E-state index in [9.17, 15) is 9.59 Å². The van der Waals surface area contributed by atoms with Crippen molar-refractivity contribution in [3.05, 3.63) is 18.2 Å². The fraction of sp³-hybridized carbons (Fsp3) is 0.583. The van der Waals surface area contributed by atoms with Crippen molar-refractivity contribution >= 4 is 12.0 Å². The number of carboxylic acids is 1. The molecule has 0 spiro atoms. The molecule has 1 atom stereocenters. The number of urea groups is 1. The summed E-state index contributed by atoms with van der Waals surface area (Å²) in [7, 11) is 1.65. The molecule has 7 heteroatoms. The number of imidazole rings is 1. The summed E-state index contributed by atoms with van der Waals surface area (Å²) in [6, 6.07) is -1.34. The Morgan fingerprint density at radius 1 is 1.58 bits per heavy atom. The van der Waals surface area contributed by atoms with Crippen molar-refractivity contribution in [1.82, 2.24) is 20.2 Å². The van der Waals surface area contributed by atoms with E-state index < -0.39 is 12.0 Å². The van der Waals surface area contributed by atoms with Crippen LogP contribution in [0.3, 0.4) is 0 Å². The van der Waals surface area contributed by atoms with Crippen LogP contribution < -0.4 is 5.32 Å². The van der Waals surface area contributed by atoms with Gasteiger partial charge in [0.2, 0.25) is 0 Å². The van der Waals surface area contributed by atoms with Crippen LogP contribution in [0.25, 0.3) is 0 Å². The summed E-state index contributed by atoms with van der Waals surface area (Å²) in [5, 5.41) is 11.6. The predicted molar refractivity (Wildman–Crippen MR) is 69.8 cm³/mol. The number of hydrogen-bond donors (Lipinski definition) is 3. The lowest BCUT2D eigenvalue weighted by Crippen LogP contribution is -2.48. The molecule has 3 N–H and O–H groups in total. The van der Waals surface area contributed by atoms with Crippen LogP contribution in [0.1, 0.15) is 25.5 Å². The molecule has 2 amide bonds. The third-order valence-electron chi connectivity index (χ3n) is 2.77. The molecule has 106 valence electrons. The number of carbonyl (C=O) groups is 2. The van der Waals surface area contributed by atoms with E-state index in [2.05, 4.69) is 15.3 Å². The van der Waals surface area contributed by atoms with Gasteiger partial charge in [0.05, 0.1) is 6.33 Å².